The monoisotopic (exact) mass is 654 g/mol. The number of aromatic nitrogens is 2. The zero-order valence-corrected chi connectivity index (χ0v) is 28.3. The summed E-state index contributed by atoms with van der Waals surface area (Å²) >= 11 is 0. The van der Waals surface area contributed by atoms with Crippen molar-refractivity contribution in [1.29, 1.82) is 0 Å². The molecule has 0 bridgehead atoms. The molecule has 0 spiro atoms. The molecule has 3 heteroatoms. The first-order valence-corrected chi connectivity index (χ1v) is 17.5. The Morgan fingerprint density at radius 2 is 1.06 bits per heavy atom. The summed E-state index contributed by atoms with van der Waals surface area (Å²) in [5, 5.41) is 2.43. The fourth-order valence-electron chi connectivity index (χ4n) is 7.04. The van der Waals surface area contributed by atoms with Crippen LogP contribution < -0.4 is 0 Å². The van der Waals surface area contributed by atoms with Gasteiger partial charge in [0, 0.05) is 17.5 Å². The van der Waals surface area contributed by atoms with Crippen LogP contribution in [0.1, 0.15) is 12.8 Å². The van der Waals surface area contributed by atoms with Crippen molar-refractivity contribution in [1.82, 2.24) is 9.97 Å². The Balaban J connectivity index is 1.16. The van der Waals surface area contributed by atoms with Crippen LogP contribution in [0.2, 0.25) is 0 Å². The van der Waals surface area contributed by atoms with Gasteiger partial charge in [0.2, 0.25) is 0 Å². The number of hydrogen-bond acceptors (Lipinski definition) is 3. The molecule has 51 heavy (non-hydrogen) atoms. The lowest BCUT2D eigenvalue weighted by Crippen LogP contribution is -1.93. The summed E-state index contributed by atoms with van der Waals surface area (Å²) in [6.45, 7) is 2.06. The second-order valence-corrected chi connectivity index (χ2v) is 12.9. The van der Waals surface area contributed by atoms with Crippen molar-refractivity contribution in [3.63, 3.8) is 0 Å². The first-order chi connectivity index (χ1) is 25.2. The summed E-state index contributed by atoms with van der Waals surface area (Å²) in [4.78, 5) is 9.80. The summed E-state index contributed by atoms with van der Waals surface area (Å²) in [5.74, 6) is 0.765. The van der Waals surface area contributed by atoms with Crippen molar-refractivity contribution < 1.29 is 4.42 Å². The van der Waals surface area contributed by atoms with Crippen LogP contribution in [0.4, 0.5) is 0 Å². The highest BCUT2D eigenvalue weighted by atomic mass is 16.3. The number of rotatable bonds is 7. The van der Waals surface area contributed by atoms with Crippen molar-refractivity contribution in [3.8, 4) is 67.0 Å². The van der Waals surface area contributed by atoms with Crippen LogP contribution >= 0.6 is 0 Å². The molecule has 0 saturated carbocycles. The third-order valence-corrected chi connectivity index (χ3v) is 9.64. The Labute approximate surface area is 297 Å². The molecule has 3 nitrogen and oxygen atoms in total. The van der Waals surface area contributed by atoms with Crippen LogP contribution in [0, 0.1) is 0 Å². The van der Waals surface area contributed by atoms with Gasteiger partial charge >= 0.3 is 0 Å². The van der Waals surface area contributed by atoms with E-state index in [-0.39, 0.29) is 0 Å². The largest absolute Gasteiger partial charge is 0.441 e. The minimum Gasteiger partial charge on any atom is -0.441 e. The average molecular weight is 655 g/mol. The highest BCUT2D eigenvalue weighted by Crippen LogP contribution is 2.41. The van der Waals surface area contributed by atoms with E-state index >= 15 is 0 Å². The third-order valence-electron chi connectivity index (χ3n) is 9.64. The van der Waals surface area contributed by atoms with Crippen molar-refractivity contribution >= 4 is 21.9 Å². The molecule has 0 aliphatic rings. The highest BCUT2D eigenvalue weighted by Gasteiger charge is 2.15. The molecule has 9 rings (SSSR count). The second-order valence-electron chi connectivity index (χ2n) is 12.9. The molecule has 0 radical (unpaired) electrons. The lowest BCUT2D eigenvalue weighted by Gasteiger charge is -2.16. The Morgan fingerprint density at radius 3 is 1.84 bits per heavy atom. The van der Waals surface area contributed by atoms with Gasteiger partial charge in [-0.25, -0.2) is 9.97 Å². The predicted octanol–water partition coefficient (Wildman–Crippen LogP) is 12.9. The summed E-state index contributed by atoms with van der Waals surface area (Å²) in [6.07, 6.45) is 0.779. The molecular formula is C48H34N2O. The zero-order chi connectivity index (χ0) is 34.1. The van der Waals surface area contributed by atoms with E-state index in [1.807, 2.05) is 12.1 Å². The molecule has 0 aliphatic carbocycles. The number of nitrogens with zero attached hydrogens (tertiary/aromatic N) is 2. The lowest BCUT2D eigenvalue weighted by atomic mass is 9.88. The maximum Gasteiger partial charge on any atom is 0.195 e. The Kier molecular flexibility index (Phi) is 7.79. The van der Waals surface area contributed by atoms with Crippen LogP contribution in [-0.4, -0.2) is 9.97 Å². The number of fused-ring (bicyclic) bond motifs is 2. The highest BCUT2D eigenvalue weighted by molar-refractivity contribution is 6.04. The molecule has 0 atom stereocenters. The molecule has 0 fully saturated rings. The van der Waals surface area contributed by atoms with E-state index in [9.17, 15) is 0 Å². The van der Waals surface area contributed by atoms with Gasteiger partial charge < -0.3 is 4.42 Å². The lowest BCUT2D eigenvalue weighted by molar-refractivity contribution is 0.538. The van der Waals surface area contributed by atoms with Crippen LogP contribution in [-0.2, 0) is 6.42 Å². The fourth-order valence-corrected chi connectivity index (χ4v) is 7.04. The van der Waals surface area contributed by atoms with Crippen molar-refractivity contribution in [2.24, 2.45) is 0 Å². The van der Waals surface area contributed by atoms with Gasteiger partial charge in [-0.15, -0.1) is 0 Å². The van der Waals surface area contributed by atoms with Gasteiger partial charge in [0.25, 0.3) is 0 Å². The SMILES string of the molecule is CCc1nc2ccc(-c3ccc(-c4ccc5ccccc5c4-c4cccc(-c5cc(-c6ccccc6)cc(-c6ccccc6)n5)c4)cc3)cc2o1. The number of hydrogen-bond donors (Lipinski definition) is 0. The van der Waals surface area contributed by atoms with Crippen LogP contribution in [0.15, 0.2) is 180 Å². The minimum absolute atomic E-state index is 0.765. The molecule has 0 N–H and O–H groups in total. The molecular weight excluding hydrogens is 621 g/mol. The minimum atomic E-state index is 0.765. The molecule has 2 aromatic heterocycles. The number of benzene rings is 7. The Bertz CT molecular complexity index is 2600. The van der Waals surface area contributed by atoms with Gasteiger partial charge in [-0.05, 0) is 85.6 Å². The van der Waals surface area contributed by atoms with Gasteiger partial charge in [-0.2, -0.15) is 0 Å². The third kappa shape index (κ3) is 5.89. The molecule has 0 aliphatic heterocycles. The van der Waals surface area contributed by atoms with E-state index in [4.69, 9.17) is 9.40 Å². The molecule has 2 heterocycles. The van der Waals surface area contributed by atoms with Gasteiger partial charge in [-0.3, -0.25) is 0 Å². The molecule has 9 aromatic rings. The van der Waals surface area contributed by atoms with E-state index < -0.39 is 0 Å². The summed E-state index contributed by atoms with van der Waals surface area (Å²) in [6, 6.07) is 62.5. The van der Waals surface area contributed by atoms with E-state index in [1.165, 1.54) is 27.5 Å². The predicted molar refractivity (Wildman–Crippen MR) is 211 cm³/mol. The van der Waals surface area contributed by atoms with E-state index in [0.29, 0.717) is 0 Å². The van der Waals surface area contributed by atoms with Gasteiger partial charge in [0.15, 0.2) is 11.5 Å². The Morgan fingerprint density at radius 1 is 0.431 bits per heavy atom. The smallest absolute Gasteiger partial charge is 0.195 e. The van der Waals surface area contributed by atoms with E-state index in [0.717, 1.165) is 73.7 Å². The maximum atomic E-state index is 5.96. The second kappa shape index (κ2) is 13.0. The topological polar surface area (TPSA) is 38.9 Å². The van der Waals surface area contributed by atoms with Gasteiger partial charge in [0.1, 0.15) is 5.52 Å². The fraction of sp³-hybridized carbons (Fsp3) is 0.0417. The normalized spacial score (nSPS) is 11.3. The molecule has 0 unspecified atom stereocenters. The number of pyridine rings is 1. The van der Waals surface area contributed by atoms with Crippen molar-refractivity contribution in [2.45, 2.75) is 13.3 Å². The summed E-state index contributed by atoms with van der Waals surface area (Å²) in [7, 11) is 0. The van der Waals surface area contributed by atoms with Crippen LogP contribution in [0.25, 0.3) is 88.9 Å². The molecule has 0 amide bonds. The number of oxazole rings is 1. The first-order valence-electron chi connectivity index (χ1n) is 17.5. The first kappa shape index (κ1) is 30.5. The number of aryl methyl sites for hydroxylation is 1. The quantitative estimate of drug-likeness (QED) is 0.172. The van der Waals surface area contributed by atoms with Crippen LogP contribution in [0.5, 0.6) is 0 Å². The standard InChI is InChI=1S/C48H34N2O/c1-2-47-50-43-27-25-37(31-46(43)51-47)33-20-22-35(23-21-33)42-26-24-34-14-9-10-19-41(34)48(42)39-18-11-17-38(28-39)45-30-40(32-12-5-3-6-13-32)29-44(49-45)36-15-7-4-8-16-36/h3-31H,2H2,1H3. The molecule has 7 aromatic carbocycles. The van der Waals surface area contributed by atoms with Crippen molar-refractivity contribution in [3.05, 3.63) is 182 Å². The Hall–Kier alpha value is -6.58. The zero-order valence-electron chi connectivity index (χ0n) is 28.3. The van der Waals surface area contributed by atoms with Gasteiger partial charge in [-0.1, -0.05) is 153 Å². The average Bonchev–Trinajstić information content (AvgIpc) is 3.64. The molecule has 0 saturated heterocycles. The van der Waals surface area contributed by atoms with Crippen molar-refractivity contribution in [2.75, 3.05) is 0 Å². The summed E-state index contributed by atoms with van der Waals surface area (Å²) in [5.41, 5.74) is 15.1. The van der Waals surface area contributed by atoms with E-state index in [1.54, 1.807) is 0 Å². The molecule has 242 valence electrons. The van der Waals surface area contributed by atoms with Gasteiger partial charge in [0.05, 0.1) is 11.4 Å². The van der Waals surface area contributed by atoms with Crippen LogP contribution in [0.3, 0.4) is 0 Å². The summed E-state index contributed by atoms with van der Waals surface area (Å²) < 4.78 is 5.96. The maximum absolute atomic E-state index is 5.96. The van der Waals surface area contributed by atoms with E-state index in [2.05, 4.69) is 176 Å².